The molecule has 1 nitrogen and oxygen atoms in total. The summed E-state index contributed by atoms with van der Waals surface area (Å²) in [6, 6.07) is 6.05. The van der Waals surface area contributed by atoms with E-state index in [-0.39, 0.29) is 0 Å². The lowest BCUT2D eigenvalue weighted by molar-refractivity contribution is 1.37. The number of nitrogen functional groups attached to an aromatic ring is 1. The highest BCUT2D eigenvalue weighted by molar-refractivity contribution is 9.08. The van der Waals surface area contributed by atoms with Crippen LogP contribution in [0.25, 0.3) is 0 Å². The van der Waals surface area contributed by atoms with Gasteiger partial charge in [-0.15, -0.1) is 0 Å². The summed E-state index contributed by atoms with van der Waals surface area (Å²) in [5, 5.41) is 0.874. The molecule has 2 heteroatoms. The van der Waals surface area contributed by atoms with Crippen LogP contribution in [0.3, 0.4) is 0 Å². The Balaban J connectivity index is 3.06. The first-order valence-corrected chi connectivity index (χ1v) is 4.26. The van der Waals surface area contributed by atoms with Gasteiger partial charge in [0, 0.05) is 11.0 Å². The summed E-state index contributed by atoms with van der Waals surface area (Å²) in [5.74, 6) is 0. The van der Waals surface area contributed by atoms with Crippen LogP contribution in [-0.2, 0) is 5.33 Å². The number of hydrogen-bond donors (Lipinski definition) is 1. The molecule has 0 saturated heterocycles. The van der Waals surface area contributed by atoms with E-state index in [1.165, 1.54) is 11.1 Å². The second kappa shape index (κ2) is 3.06. The van der Waals surface area contributed by atoms with Gasteiger partial charge >= 0.3 is 0 Å². The molecule has 0 unspecified atom stereocenters. The maximum atomic E-state index is 5.61. The van der Waals surface area contributed by atoms with Crippen LogP contribution in [0.15, 0.2) is 18.2 Å². The van der Waals surface area contributed by atoms with Crippen LogP contribution >= 0.6 is 15.9 Å². The van der Waals surface area contributed by atoms with Gasteiger partial charge in [0.25, 0.3) is 0 Å². The van der Waals surface area contributed by atoms with E-state index >= 15 is 0 Å². The van der Waals surface area contributed by atoms with Crippen LogP contribution in [0.2, 0.25) is 0 Å². The molecule has 0 saturated carbocycles. The maximum absolute atomic E-state index is 5.61. The molecule has 0 aromatic heterocycles. The van der Waals surface area contributed by atoms with Crippen molar-refractivity contribution in [1.29, 1.82) is 0 Å². The molecule has 0 aliphatic rings. The Labute approximate surface area is 69.4 Å². The van der Waals surface area contributed by atoms with Crippen LogP contribution in [0.5, 0.6) is 0 Å². The second-order valence-electron chi connectivity index (χ2n) is 2.39. The zero-order valence-corrected chi connectivity index (χ0v) is 7.48. The highest BCUT2D eigenvalue weighted by Gasteiger charge is 1.92. The Hall–Kier alpha value is -0.500. The minimum Gasteiger partial charge on any atom is -0.399 e. The van der Waals surface area contributed by atoms with E-state index in [0.717, 1.165) is 11.0 Å². The highest BCUT2D eigenvalue weighted by atomic mass is 79.9. The molecule has 0 fully saturated rings. The Morgan fingerprint density at radius 2 is 2.10 bits per heavy atom. The van der Waals surface area contributed by atoms with Gasteiger partial charge < -0.3 is 5.73 Å². The molecule has 1 aromatic rings. The van der Waals surface area contributed by atoms with Crippen molar-refractivity contribution in [1.82, 2.24) is 0 Å². The van der Waals surface area contributed by atoms with Crippen molar-refractivity contribution < 1.29 is 0 Å². The zero-order chi connectivity index (χ0) is 7.56. The molecule has 1 rings (SSSR count). The van der Waals surface area contributed by atoms with Gasteiger partial charge in [0.15, 0.2) is 0 Å². The van der Waals surface area contributed by atoms with Crippen LogP contribution in [0.4, 0.5) is 5.69 Å². The predicted octanol–water partition coefficient (Wildman–Crippen LogP) is 2.47. The summed E-state index contributed by atoms with van der Waals surface area (Å²) in [4.78, 5) is 0. The number of alkyl halides is 1. The third-order valence-corrected chi connectivity index (χ3v) is 1.96. The van der Waals surface area contributed by atoms with E-state index in [9.17, 15) is 0 Å². The molecule has 0 spiro atoms. The summed E-state index contributed by atoms with van der Waals surface area (Å²) in [6.45, 7) is 2.04. The van der Waals surface area contributed by atoms with Gasteiger partial charge in [0.1, 0.15) is 0 Å². The fourth-order valence-electron chi connectivity index (χ4n) is 0.972. The van der Waals surface area contributed by atoms with Crippen LogP contribution in [0, 0.1) is 6.92 Å². The molecule has 0 aliphatic heterocycles. The number of halogens is 1. The van der Waals surface area contributed by atoms with Crippen molar-refractivity contribution in [2.24, 2.45) is 0 Å². The normalized spacial score (nSPS) is 9.80. The van der Waals surface area contributed by atoms with E-state index in [0.29, 0.717) is 0 Å². The largest absolute Gasteiger partial charge is 0.399 e. The molecule has 0 heterocycles. The van der Waals surface area contributed by atoms with Crippen molar-refractivity contribution in [3.8, 4) is 0 Å². The molecule has 0 radical (unpaired) electrons. The molecule has 1 aromatic carbocycles. The quantitative estimate of drug-likeness (QED) is 0.546. The fraction of sp³-hybridized carbons (Fsp3) is 0.250. The Morgan fingerprint density at radius 1 is 1.40 bits per heavy atom. The molecule has 0 amide bonds. The predicted molar refractivity (Wildman–Crippen MR) is 48.2 cm³/mol. The number of aryl methyl sites for hydroxylation is 1. The van der Waals surface area contributed by atoms with Gasteiger partial charge in [-0.05, 0) is 30.2 Å². The standard InChI is InChI=1S/C8H10BrN/c1-6-2-7(5-9)4-8(10)3-6/h2-4H,5,10H2,1H3. The molecule has 0 atom stereocenters. The molecule has 54 valence electrons. The SMILES string of the molecule is Cc1cc(N)cc(CBr)c1. The van der Waals surface area contributed by atoms with E-state index in [1.54, 1.807) is 0 Å². The van der Waals surface area contributed by atoms with E-state index in [1.807, 2.05) is 19.1 Å². The van der Waals surface area contributed by atoms with Crippen molar-refractivity contribution in [2.45, 2.75) is 12.3 Å². The third-order valence-electron chi connectivity index (χ3n) is 1.31. The molecule has 0 bridgehead atoms. The van der Waals surface area contributed by atoms with E-state index in [2.05, 4.69) is 22.0 Å². The van der Waals surface area contributed by atoms with Gasteiger partial charge in [-0.3, -0.25) is 0 Å². The fourth-order valence-corrected chi connectivity index (χ4v) is 1.30. The minimum absolute atomic E-state index is 0.842. The lowest BCUT2D eigenvalue weighted by Gasteiger charge is -1.99. The monoisotopic (exact) mass is 199 g/mol. The molecular weight excluding hydrogens is 190 g/mol. The van der Waals surface area contributed by atoms with E-state index < -0.39 is 0 Å². The molecule has 10 heavy (non-hydrogen) atoms. The van der Waals surface area contributed by atoms with Crippen LogP contribution in [0.1, 0.15) is 11.1 Å². The first kappa shape index (κ1) is 7.61. The highest BCUT2D eigenvalue weighted by Crippen LogP contribution is 2.13. The van der Waals surface area contributed by atoms with Crippen molar-refractivity contribution in [3.05, 3.63) is 29.3 Å². The number of nitrogens with two attached hydrogens (primary N) is 1. The Morgan fingerprint density at radius 3 is 2.60 bits per heavy atom. The topological polar surface area (TPSA) is 26.0 Å². The Bertz CT molecular complexity index is 212. The number of rotatable bonds is 1. The average molecular weight is 200 g/mol. The van der Waals surface area contributed by atoms with Gasteiger partial charge in [0.05, 0.1) is 0 Å². The lowest BCUT2D eigenvalue weighted by Crippen LogP contribution is -1.88. The van der Waals surface area contributed by atoms with Gasteiger partial charge in [0.2, 0.25) is 0 Å². The number of anilines is 1. The van der Waals surface area contributed by atoms with Crippen molar-refractivity contribution in [2.75, 3.05) is 5.73 Å². The van der Waals surface area contributed by atoms with Crippen LogP contribution < -0.4 is 5.73 Å². The van der Waals surface area contributed by atoms with Gasteiger partial charge in [-0.1, -0.05) is 22.0 Å². The maximum Gasteiger partial charge on any atom is 0.0319 e. The van der Waals surface area contributed by atoms with E-state index in [4.69, 9.17) is 5.73 Å². The van der Waals surface area contributed by atoms with Crippen LogP contribution in [-0.4, -0.2) is 0 Å². The number of hydrogen-bond acceptors (Lipinski definition) is 1. The first-order chi connectivity index (χ1) is 4.72. The lowest BCUT2D eigenvalue weighted by atomic mass is 10.1. The second-order valence-corrected chi connectivity index (χ2v) is 2.95. The smallest absolute Gasteiger partial charge is 0.0319 e. The molecular formula is C8H10BrN. The zero-order valence-electron chi connectivity index (χ0n) is 5.89. The summed E-state index contributed by atoms with van der Waals surface area (Å²) < 4.78 is 0. The van der Waals surface area contributed by atoms with Gasteiger partial charge in [-0.25, -0.2) is 0 Å². The van der Waals surface area contributed by atoms with Crippen molar-refractivity contribution >= 4 is 21.6 Å². The summed E-state index contributed by atoms with van der Waals surface area (Å²) in [5.41, 5.74) is 8.91. The summed E-state index contributed by atoms with van der Waals surface area (Å²) >= 11 is 3.37. The first-order valence-electron chi connectivity index (χ1n) is 3.14. The van der Waals surface area contributed by atoms with Crippen molar-refractivity contribution in [3.63, 3.8) is 0 Å². The number of benzene rings is 1. The Kier molecular flexibility index (Phi) is 2.33. The molecule has 0 aliphatic carbocycles. The third kappa shape index (κ3) is 1.74. The summed E-state index contributed by atoms with van der Waals surface area (Å²) in [6.07, 6.45) is 0. The minimum atomic E-state index is 0.842. The van der Waals surface area contributed by atoms with Gasteiger partial charge in [-0.2, -0.15) is 0 Å². The molecule has 2 N–H and O–H groups in total. The average Bonchev–Trinajstić information content (AvgIpc) is 1.85. The summed E-state index contributed by atoms with van der Waals surface area (Å²) in [7, 11) is 0.